The molecule has 1 rings (SSSR count). The molecule has 0 radical (unpaired) electrons. The molecule has 17 heavy (non-hydrogen) atoms. The van der Waals surface area contributed by atoms with Crippen molar-refractivity contribution in [2.24, 2.45) is 0 Å². The fourth-order valence-electron chi connectivity index (χ4n) is 1.24. The largest absolute Gasteiger partial charge is 0.314 e. The van der Waals surface area contributed by atoms with Crippen LogP contribution in [0.5, 0.6) is 0 Å². The average molecular weight is 277 g/mol. The van der Waals surface area contributed by atoms with Crippen LogP contribution in [0.3, 0.4) is 0 Å². The Hall–Kier alpha value is -0.660. The molecule has 0 spiro atoms. The van der Waals surface area contributed by atoms with E-state index in [1.807, 2.05) is 26.2 Å². The standard InChI is InChI=1S/C10H19N3O2S2/c1-8(2)11-5-4-6-17(14,15)13-10-12-9(3)7-16-10/h7-8,11H,4-6H2,1-3H3,(H,12,13). The fraction of sp³-hybridized carbons (Fsp3) is 0.700. The number of anilines is 1. The van der Waals surface area contributed by atoms with Crippen LogP contribution in [0.1, 0.15) is 26.0 Å². The maximum absolute atomic E-state index is 11.7. The van der Waals surface area contributed by atoms with Crippen molar-refractivity contribution in [2.45, 2.75) is 33.2 Å². The Kier molecular flexibility index (Phi) is 5.35. The Labute approximate surface area is 107 Å². The van der Waals surface area contributed by atoms with Crippen molar-refractivity contribution in [2.75, 3.05) is 17.0 Å². The van der Waals surface area contributed by atoms with Gasteiger partial charge in [0.25, 0.3) is 0 Å². The van der Waals surface area contributed by atoms with E-state index < -0.39 is 10.0 Å². The Morgan fingerprint density at radius 1 is 1.47 bits per heavy atom. The van der Waals surface area contributed by atoms with Crippen LogP contribution in [-0.4, -0.2) is 31.7 Å². The summed E-state index contributed by atoms with van der Waals surface area (Å²) >= 11 is 1.30. The van der Waals surface area contributed by atoms with Crippen LogP contribution in [0, 0.1) is 6.92 Å². The number of rotatable bonds is 7. The van der Waals surface area contributed by atoms with Crippen LogP contribution >= 0.6 is 11.3 Å². The van der Waals surface area contributed by atoms with Gasteiger partial charge in [0.1, 0.15) is 0 Å². The lowest BCUT2D eigenvalue weighted by molar-refractivity contribution is 0.571. The number of aryl methyl sites for hydroxylation is 1. The minimum absolute atomic E-state index is 0.116. The van der Waals surface area contributed by atoms with Crippen molar-refractivity contribution in [1.29, 1.82) is 0 Å². The number of sulfonamides is 1. The van der Waals surface area contributed by atoms with Crippen molar-refractivity contribution in [1.82, 2.24) is 10.3 Å². The first-order valence-electron chi connectivity index (χ1n) is 5.55. The molecule has 0 fully saturated rings. The SMILES string of the molecule is Cc1csc(NS(=O)(=O)CCCNC(C)C)n1. The molecular weight excluding hydrogens is 258 g/mol. The molecule has 0 bridgehead atoms. The lowest BCUT2D eigenvalue weighted by Gasteiger charge is -2.08. The van der Waals surface area contributed by atoms with Crippen molar-refractivity contribution in [3.05, 3.63) is 11.1 Å². The summed E-state index contributed by atoms with van der Waals surface area (Å²) in [6.07, 6.45) is 0.595. The van der Waals surface area contributed by atoms with Gasteiger partial charge in [-0.2, -0.15) is 0 Å². The first-order chi connectivity index (χ1) is 7.89. The van der Waals surface area contributed by atoms with Crippen molar-refractivity contribution < 1.29 is 8.42 Å². The predicted molar refractivity (Wildman–Crippen MR) is 72.0 cm³/mol. The lowest BCUT2D eigenvalue weighted by Crippen LogP contribution is -2.26. The Morgan fingerprint density at radius 3 is 2.71 bits per heavy atom. The van der Waals surface area contributed by atoms with Crippen molar-refractivity contribution in [3.8, 4) is 0 Å². The first kappa shape index (κ1) is 14.4. The molecule has 0 aromatic carbocycles. The van der Waals surface area contributed by atoms with E-state index in [2.05, 4.69) is 15.0 Å². The molecule has 0 saturated carbocycles. The molecule has 0 aliphatic carbocycles. The summed E-state index contributed by atoms with van der Waals surface area (Å²) in [6, 6.07) is 0.382. The molecule has 98 valence electrons. The smallest absolute Gasteiger partial charge is 0.234 e. The summed E-state index contributed by atoms with van der Waals surface area (Å²) in [5, 5.41) is 5.44. The van der Waals surface area contributed by atoms with E-state index in [4.69, 9.17) is 0 Å². The van der Waals surface area contributed by atoms with E-state index >= 15 is 0 Å². The van der Waals surface area contributed by atoms with E-state index in [-0.39, 0.29) is 5.75 Å². The second-order valence-corrected chi connectivity index (χ2v) is 6.88. The summed E-state index contributed by atoms with van der Waals surface area (Å²) in [5.74, 6) is 0.116. The van der Waals surface area contributed by atoms with E-state index in [1.165, 1.54) is 11.3 Å². The van der Waals surface area contributed by atoms with Crippen LogP contribution in [0.4, 0.5) is 5.13 Å². The van der Waals surface area contributed by atoms with Gasteiger partial charge in [-0.1, -0.05) is 13.8 Å². The number of nitrogens with one attached hydrogen (secondary N) is 2. The molecule has 0 unspecified atom stereocenters. The molecule has 1 aromatic rings. The molecule has 2 N–H and O–H groups in total. The van der Waals surface area contributed by atoms with Gasteiger partial charge in [-0.3, -0.25) is 4.72 Å². The van der Waals surface area contributed by atoms with Crippen LogP contribution in [0.2, 0.25) is 0 Å². The number of nitrogens with zero attached hydrogens (tertiary/aromatic N) is 1. The normalized spacial score (nSPS) is 12.0. The van der Waals surface area contributed by atoms with Gasteiger partial charge in [0.05, 0.1) is 11.4 Å². The zero-order chi connectivity index (χ0) is 12.9. The van der Waals surface area contributed by atoms with Gasteiger partial charge in [-0.25, -0.2) is 13.4 Å². The Bertz CT molecular complexity index is 440. The van der Waals surface area contributed by atoms with Gasteiger partial charge in [0.2, 0.25) is 10.0 Å². The molecular formula is C10H19N3O2S2. The monoisotopic (exact) mass is 277 g/mol. The summed E-state index contributed by atoms with van der Waals surface area (Å²) in [7, 11) is -3.26. The topological polar surface area (TPSA) is 71.1 Å². The molecule has 0 amide bonds. The van der Waals surface area contributed by atoms with Crippen LogP contribution in [0.15, 0.2) is 5.38 Å². The third-order valence-electron chi connectivity index (χ3n) is 2.00. The highest BCUT2D eigenvalue weighted by Crippen LogP contribution is 2.16. The van der Waals surface area contributed by atoms with Gasteiger partial charge >= 0.3 is 0 Å². The number of hydrogen-bond acceptors (Lipinski definition) is 5. The van der Waals surface area contributed by atoms with E-state index in [9.17, 15) is 8.42 Å². The third kappa shape index (κ3) is 5.99. The summed E-state index contributed by atoms with van der Waals surface area (Å²) in [6.45, 7) is 6.60. The molecule has 1 heterocycles. The van der Waals surface area contributed by atoms with Crippen LogP contribution < -0.4 is 10.0 Å². The highest BCUT2D eigenvalue weighted by Gasteiger charge is 2.11. The lowest BCUT2D eigenvalue weighted by atomic mass is 10.4. The zero-order valence-electron chi connectivity index (χ0n) is 10.4. The Balaban J connectivity index is 2.36. The van der Waals surface area contributed by atoms with E-state index in [0.29, 0.717) is 24.1 Å². The van der Waals surface area contributed by atoms with E-state index in [1.54, 1.807) is 0 Å². The summed E-state index contributed by atoms with van der Waals surface area (Å²) in [4.78, 5) is 4.06. The number of hydrogen-bond donors (Lipinski definition) is 2. The summed E-state index contributed by atoms with van der Waals surface area (Å²) in [5.41, 5.74) is 0.828. The van der Waals surface area contributed by atoms with Crippen molar-refractivity contribution in [3.63, 3.8) is 0 Å². The van der Waals surface area contributed by atoms with Crippen molar-refractivity contribution >= 4 is 26.5 Å². The van der Waals surface area contributed by atoms with Gasteiger partial charge in [-0.05, 0) is 19.9 Å². The zero-order valence-corrected chi connectivity index (χ0v) is 12.0. The minimum atomic E-state index is -3.26. The van der Waals surface area contributed by atoms with Gasteiger partial charge in [0, 0.05) is 11.4 Å². The molecule has 0 aliphatic rings. The second-order valence-electron chi connectivity index (χ2n) is 4.18. The molecule has 0 saturated heterocycles. The van der Waals surface area contributed by atoms with Gasteiger partial charge in [-0.15, -0.1) is 11.3 Å². The highest BCUT2D eigenvalue weighted by molar-refractivity contribution is 7.92. The Morgan fingerprint density at radius 2 is 2.18 bits per heavy atom. The third-order valence-corrected chi connectivity index (χ3v) is 4.34. The minimum Gasteiger partial charge on any atom is -0.314 e. The molecule has 0 aliphatic heterocycles. The van der Waals surface area contributed by atoms with Crippen LogP contribution in [0.25, 0.3) is 0 Å². The molecule has 0 atom stereocenters. The van der Waals surface area contributed by atoms with Gasteiger partial charge in [0.15, 0.2) is 5.13 Å². The maximum Gasteiger partial charge on any atom is 0.234 e. The predicted octanol–water partition coefficient (Wildman–Crippen LogP) is 1.58. The summed E-state index contributed by atoms with van der Waals surface area (Å²) < 4.78 is 25.8. The first-order valence-corrected chi connectivity index (χ1v) is 8.08. The molecule has 5 nitrogen and oxygen atoms in total. The fourth-order valence-corrected chi connectivity index (χ4v) is 3.28. The molecule has 1 aromatic heterocycles. The second kappa shape index (κ2) is 6.32. The number of aromatic nitrogens is 1. The van der Waals surface area contributed by atoms with E-state index in [0.717, 1.165) is 5.69 Å². The average Bonchev–Trinajstić information content (AvgIpc) is 2.57. The maximum atomic E-state index is 11.7. The van der Waals surface area contributed by atoms with Gasteiger partial charge < -0.3 is 5.32 Å². The quantitative estimate of drug-likeness (QED) is 0.742. The number of thiazole rings is 1. The highest BCUT2D eigenvalue weighted by atomic mass is 32.2. The molecule has 7 heteroatoms. The van der Waals surface area contributed by atoms with Crippen LogP contribution in [-0.2, 0) is 10.0 Å².